The molecule has 1 aliphatic rings. The number of aliphatic imine (C=N–C) groups is 1. The van der Waals surface area contributed by atoms with Crippen LogP contribution in [0.3, 0.4) is 0 Å². The molecule has 4 aromatic rings. The molecule has 5 rings (SSSR count). The van der Waals surface area contributed by atoms with E-state index in [1.807, 2.05) is 60.7 Å². The number of benzodiazepines with no additional fused rings is 1. The predicted molar refractivity (Wildman–Crippen MR) is 170 cm³/mol. The molecule has 1 unspecified atom stereocenters. The van der Waals surface area contributed by atoms with Crippen LogP contribution in [-0.4, -0.2) is 54.4 Å². The molecule has 4 aromatic carbocycles. The highest BCUT2D eigenvalue weighted by molar-refractivity contribution is 6.21. The van der Waals surface area contributed by atoms with Crippen molar-refractivity contribution in [3.63, 3.8) is 0 Å². The summed E-state index contributed by atoms with van der Waals surface area (Å²) in [5.41, 5.74) is 3.93. The first kappa shape index (κ1) is 29.5. The molecule has 0 spiro atoms. The number of likely N-dealkylation sites (N-methyl/N-ethyl adjacent to an activating group) is 1. The Hall–Kier alpha value is -6.03. The molecule has 10 heteroatoms. The van der Waals surface area contributed by atoms with Gasteiger partial charge in [-0.15, -0.1) is 0 Å². The molecule has 220 valence electrons. The van der Waals surface area contributed by atoms with Crippen LogP contribution >= 0.6 is 0 Å². The van der Waals surface area contributed by atoms with Gasteiger partial charge in [0, 0.05) is 35.6 Å². The Labute approximate surface area is 254 Å². The summed E-state index contributed by atoms with van der Waals surface area (Å²) in [6.07, 6.45) is 1.02. The van der Waals surface area contributed by atoms with Crippen molar-refractivity contribution < 1.29 is 24.3 Å². The van der Waals surface area contributed by atoms with E-state index in [4.69, 9.17) is 10.1 Å². The Balaban J connectivity index is 1.48. The molecule has 0 fully saturated rings. The number of carboxylic acid groups (broad SMARTS) is 1. The molecular weight excluding hydrogens is 558 g/mol. The van der Waals surface area contributed by atoms with Crippen LogP contribution in [0.5, 0.6) is 0 Å². The molecule has 1 aliphatic heterocycles. The van der Waals surface area contributed by atoms with Gasteiger partial charge in [0.2, 0.25) is 12.1 Å². The summed E-state index contributed by atoms with van der Waals surface area (Å²) in [6.45, 7) is -0.295. The number of para-hydroxylation sites is 2. The third-order valence-electron chi connectivity index (χ3n) is 6.90. The number of hydrogen-bond acceptors (Lipinski definition) is 5. The maximum atomic E-state index is 14.1. The van der Waals surface area contributed by atoms with Gasteiger partial charge in [-0.1, -0.05) is 78.9 Å². The molecule has 1 heterocycles. The van der Waals surface area contributed by atoms with Crippen molar-refractivity contribution in [3.05, 3.63) is 132 Å². The number of urea groups is 1. The van der Waals surface area contributed by atoms with Crippen LogP contribution in [-0.2, 0) is 14.4 Å². The zero-order valence-corrected chi connectivity index (χ0v) is 23.8. The monoisotopic (exact) mass is 587 g/mol. The SMILES string of the molecule is CN(C(=O)CN1C(=O)C(NC(=O)Nc2cccc(/C=C/C(=O)O)c2)N=C(c2ccccc2)c2ccccc21)c1ccccc1. The second-order valence-corrected chi connectivity index (χ2v) is 9.87. The van der Waals surface area contributed by atoms with Crippen LogP contribution in [0.1, 0.15) is 16.7 Å². The average Bonchev–Trinajstić information content (AvgIpc) is 3.15. The molecule has 0 aliphatic carbocycles. The largest absolute Gasteiger partial charge is 0.478 e. The summed E-state index contributed by atoms with van der Waals surface area (Å²) in [5.74, 6) is -2.03. The Morgan fingerprint density at radius 2 is 1.59 bits per heavy atom. The molecule has 0 saturated carbocycles. The fourth-order valence-corrected chi connectivity index (χ4v) is 4.73. The van der Waals surface area contributed by atoms with E-state index in [-0.39, 0.29) is 12.5 Å². The standard InChI is InChI=1S/C34H29N5O5/c1-38(26-15-6-3-7-16-26)29(40)22-39-28-18-9-8-17-27(28)31(24-12-4-2-5-13-24)36-32(33(39)43)37-34(44)35-25-14-10-11-23(21-25)19-20-30(41)42/h2-21,32H,22H2,1H3,(H,41,42)(H2,35,37,44)/b20-19+. The Morgan fingerprint density at radius 3 is 2.32 bits per heavy atom. The second kappa shape index (κ2) is 13.3. The van der Waals surface area contributed by atoms with Gasteiger partial charge in [0.15, 0.2) is 0 Å². The van der Waals surface area contributed by atoms with Gasteiger partial charge >= 0.3 is 12.0 Å². The number of amides is 4. The molecular formula is C34H29N5O5. The van der Waals surface area contributed by atoms with Gasteiger partial charge in [-0.3, -0.25) is 14.5 Å². The third-order valence-corrected chi connectivity index (χ3v) is 6.90. The van der Waals surface area contributed by atoms with E-state index in [0.717, 1.165) is 11.6 Å². The van der Waals surface area contributed by atoms with Gasteiger partial charge in [0.1, 0.15) is 6.54 Å². The highest BCUT2D eigenvalue weighted by atomic mass is 16.4. The smallest absolute Gasteiger partial charge is 0.328 e. The van der Waals surface area contributed by atoms with Gasteiger partial charge < -0.3 is 20.6 Å². The summed E-state index contributed by atoms with van der Waals surface area (Å²) < 4.78 is 0. The lowest BCUT2D eigenvalue weighted by Crippen LogP contribution is -2.51. The normalized spacial score (nSPS) is 14.3. The van der Waals surface area contributed by atoms with Crippen molar-refractivity contribution in [2.24, 2.45) is 4.99 Å². The molecule has 3 N–H and O–H groups in total. The number of nitrogens with zero attached hydrogens (tertiary/aromatic N) is 3. The highest BCUT2D eigenvalue weighted by Gasteiger charge is 2.34. The lowest BCUT2D eigenvalue weighted by molar-refractivity contribution is -0.131. The fraction of sp³-hybridized carbons (Fsp3) is 0.0882. The van der Waals surface area contributed by atoms with Crippen LogP contribution in [0, 0.1) is 0 Å². The summed E-state index contributed by atoms with van der Waals surface area (Å²) >= 11 is 0. The third kappa shape index (κ3) is 6.88. The lowest BCUT2D eigenvalue weighted by atomic mass is 10.0. The van der Waals surface area contributed by atoms with E-state index in [0.29, 0.717) is 33.9 Å². The molecule has 0 aromatic heterocycles. The molecule has 1 atom stereocenters. The number of fused-ring (bicyclic) bond motifs is 1. The van der Waals surface area contributed by atoms with E-state index < -0.39 is 24.1 Å². The average molecular weight is 588 g/mol. The first-order chi connectivity index (χ1) is 21.3. The van der Waals surface area contributed by atoms with Crippen molar-refractivity contribution in [2.75, 3.05) is 28.7 Å². The first-order valence-corrected chi connectivity index (χ1v) is 13.7. The Kier molecular flexibility index (Phi) is 8.91. The van der Waals surface area contributed by atoms with E-state index in [9.17, 15) is 19.2 Å². The van der Waals surface area contributed by atoms with E-state index in [1.54, 1.807) is 55.6 Å². The van der Waals surface area contributed by atoms with Crippen LogP contribution in [0.2, 0.25) is 0 Å². The number of anilines is 3. The summed E-state index contributed by atoms with van der Waals surface area (Å²) in [5, 5.41) is 14.3. The molecule has 4 amide bonds. The van der Waals surface area contributed by atoms with E-state index in [2.05, 4.69) is 10.6 Å². The molecule has 0 radical (unpaired) electrons. The van der Waals surface area contributed by atoms with E-state index >= 15 is 0 Å². The van der Waals surface area contributed by atoms with Gasteiger partial charge in [0.25, 0.3) is 5.91 Å². The summed E-state index contributed by atoms with van der Waals surface area (Å²) in [6, 6.07) is 31.4. The number of carbonyl (C=O) groups excluding carboxylic acids is 3. The van der Waals surface area contributed by atoms with Crippen molar-refractivity contribution in [1.29, 1.82) is 0 Å². The molecule has 0 saturated heterocycles. The van der Waals surface area contributed by atoms with Gasteiger partial charge in [-0.25, -0.2) is 14.6 Å². The maximum absolute atomic E-state index is 14.1. The molecule has 0 bridgehead atoms. The second-order valence-electron chi connectivity index (χ2n) is 9.87. The summed E-state index contributed by atoms with van der Waals surface area (Å²) in [4.78, 5) is 59.2. The van der Waals surface area contributed by atoms with Crippen LogP contribution in [0.4, 0.5) is 21.9 Å². The van der Waals surface area contributed by atoms with Crippen LogP contribution < -0.4 is 20.4 Å². The van der Waals surface area contributed by atoms with Gasteiger partial charge in [-0.2, -0.15) is 0 Å². The topological polar surface area (TPSA) is 131 Å². The Morgan fingerprint density at radius 1 is 0.909 bits per heavy atom. The fourth-order valence-electron chi connectivity index (χ4n) is 4.73. The first-order valence-electron chi connectivity index (χ1n) is 13.7. The minimum absolute atomic E-state index is 0.295. The van der Waals surface area contributed by atoms with Crippen molar-refractivity contribution in [3.8, 4) is 0 Å². The number of nitrogens with one attached hydrogen (secondary N) is 2. The number of benzene rings is 4. The zero-order chi connectivity index (χ0) is 31.1. The van der Waals surface area contributed by atoms with Crippen molar-refractivity contribution >= 4 is 52.7 Å². The van der Waals surface area contributed by atoms with Gasteiger partial charge in [0.05, 0.1) is 11.4 Å². The number of carboxylic acids is 1. The minimum atomic E-state index is -1.37. The quantitative estimate of drug-likeness (QED) is 0.256. The van der Waals surface area contributed by atoms with Gasteiger partial charge in [-0.05, 0) is 42.0 Å². The van der Waals surface area contributed by atoms with Crippen molar-refractivity contribution in [1.82, 2.24) is 5.32 Å². The van der Waals surface area contributed by atoms with E-state index in [1.165, 1.54) is 15.9 Å². The summed E-state index contributed by atoms with van der Waals surface area (Å²) in [7, 11) is 1.64. The van der Waals surface area contributed by atoms with Crippen LogP contribution in [0.15, 0.2) is 120 Å². The number of rotatable bonds is 8. The number of carbonyl (C=O) groups is 4. The van der Waals surface area contributed by atoms with Crippen LogP contribution in [0.25, 0.3) is 6.08 Å². The molecule has 10 nitrogen and oxygen atoms in total. The Bertz CT molecular complexity index is 1750. The highest BCUT2D eigenvalue weighted by Crippen LogP contribution is 2.28. The number of hydrogen-bond donors (Lipinski definition) is 3. The maximum Gasteiger partial charge on any atom is 0.328 e. The molecule has 44 heavy (non-hydrogen) atoms. The number of aliphatic carboxylic acids is 1. The van der Waals surface area contributed by atoms with Crippen molar-refractivity contribution in [2.45, 2.75) is 6.17 Å². The lowest BCUT2D eigenvalue weighted by Gasteiger charge is -2.27. The zero-order valence-electron chi connectivity index (χ0n) is 23.8. The predicted octanol–water partition coefficient (Wildman–Crippen LogP) is 4.78. The minimum Gasteiger partial charge on any atom is -0.478 e.